The molecule has 64 heavy (non-hydrogen) atoms. The van der Waals surface area contributed by atoms with E-state index in [1.54, 1.807) is 0 Å². The van der Waals surface area contributed by atoms with E-state index in [1.807, 2.05) is 0 Å². The Bertz CT molecular complexity index is 1100. The zero-order valence-electron chi connectivity index (χ0n) is 42.5. The fourth-order valence-corrected chi connectivity index (χ4v) is 8.17. The Hall–Kier alpha value is -2.40. The molecule has 0 aliphatic heterocycles. The summed E-state index contributed by atoms with van der Waals surface area (Å²) in [5, 5.41) is 9.65. The van der Waals surface area contributed by atoms with Gasteiger partial charge in [0.15, 0.2) is 6.10 Å². The molecule has 0 spiro atoms. The van der Waals surface area contributed by atoms with Crippen LogP contribution in [-0.2, 0) is 19.1 Å². The van der Waals surface area contributed by atoms with Crippen molar-refractivity contribution < 1.29 is 24.2 Å². The van der Waals surface area contributed by atoms with Crippen LogP contribution < -0.4 is 0 Å². The van der Waals surface area contributed by atoms with Crippen molar-refractivity contribution in [2.45, 2.75) is 290 Å². The number of allylic oxidation sites excluding steroid dienone is 10. The minimum atomic E-state index is -0.772. The number of aliphatic hydroxyl groups excluding tert-OH is 1. The molecule has 0 rings (SSSR count). The van der Waals surface area contributed by atoms with Crippen molar-refractivity contribution in [3.63, 3.8) is 0 Å². The van der Waals surface area contributed by atoms with E-state index in [1.165, 1.54) is 186 Å². The van der Waals surface area contributed by atoms with Crippen LogP contribution in [0.2, 0.25) is 0 Å². The number of aliphatic hydroxyl groups is 1. The lowest BCUT2D eigenvalue weighted by Gasteiger charge is -2.15. The molecule has 0 amide bonds. The summed E-state index contributed by atoms with van der Waals surface area (Å²) in [6.45, 7) is 4.06. The van der Waals surface area contributed by atoms with E-state index in [0.717, 1.165) is 70.6 Å². The first-order chi connectivity index (χ1) is 31.6. The highest BCUT2D eigenvalue weighted by atomic mass is 16.6. The third-order valence-corrected chi connectivity index (χ3v) is 12.3. The molecule has 0 saturated carbocycles. The Labute approximate surface area is 398 Å². The van der Waals surface area contributed by atoms with Crippen molar-refractivity contribution in [3.05, 3.63) is 60.8 Å². The van der Waals surface area contributed by atoms with Crippen LogP contribution in [0.15, 0.2) is 60.8 Å². The summed E-state index contributed by atoms with van der Waals surface area (Å²) in [5.74, 6) is -0.579. The summed E-state index contributed by atoms with van der Waals surface area (Å²) in [5.41, 5.74) is 0. The Kier molecular flexibility index (Phi) is 52.9. The quantitative estimate of drug-likeness (QED) is 0.0374. The Balaban J connectivity index is 3.47. The molecule has 5 heteroatoms. The molecule has 0 aromatic heterocycles. The minimum Gasteiger partial charge on any atom is -0.462 e. The van der Waals surface area contributed by atoms with Gasteiger partial charge in [0.25, 0.3) is 0 Å². The first-order valence-corrected chi connectivity index (χ1v) is 27.8. The van der Waals surface area contributed by atoms with Crippen LogP contribution in [0.3, 0.4) is 0 Å². The third kappa shape index (κ3) is 52.2. The molecule has 372 valence electrons. The summed E-state index contributed by atoms with van der Waals surface area (Å²) in [6.07, 6.45) is 73.3. The van der Waals surface area contributed by atoms with Crippen LogP contribution in [-0.4, -0.2) is 36.4 Å². The number of hydrogen-bond acceptors (Lipinski definition) is 5. The molecule has 0 radical (unpaired) electrons. The lowest BCUT2D eigenvalue weighted by Crippen LogP contribution is -2.28. The van der Waals surface area contributed by atoms with E-state index < -0.39 is 6.10 Å². The maximum absolute atomic E-state index is 12.3. The van der Waals surface area contributed by atoms with Crippen LogP contribution in [0.25, 0.3) is 0 Å². The monoisotopic (exact) mass is 895 g/mol. The van der Waals surface area contributed by atoms with Gasteiger partial charge >= 0.3 is 11.9 Å². The maximum atomic E-state index is 12.3. The van der Waals surface area contributed by atoms with E-state index in [9.17, 15) is 14.7 Å². The minimum absolute atomic E-state index is 0.0634. The van der Waals surface area contributed by atoms with Gasteiger partial charge in [0.2, 0.25) is 0 Å². The number of hydrogen-bond donors (Lipinski definition) is 1. The van der Waals surface area contributed by atoms with Gasteiger partial charge in [0.1, 0.15) is 6.61 Å². The number of carbonyl (C=O) groups is 2. The Morgan fingerprint density at radius 1 is 0.375 bits per heavy atom. The molecule has 0 fully saturated rings. The zero-order valence-corrected chi connectivity index (χ0v) is 42.5. The number of unbranched alkanes of at least 4 members (excludes halogenated alkanes) is 33. The fraction of sp³-hybridized carbons (Fsp3) is 0.797. The Morgan fingerprint density at radius 2 is 0.672 bits per heavy atom. The lowest BCUT2D eigenvalue weighted by molar-refractivity contribution is -0.161. The van der Waals surface area contributed by atoms with Gasteiger partial charge in [-0.3, -0.25) is 9.59 Å². The summed E-state index contributed by atoms with van der Waals surface area (Å²) < 4.78 is 10.7. The molecular formula is C59H106O5. The average Bonchev–Trinajstić information content (AvgIpc) is 3.30. The van der Waals surface area contributed by atoms with E-state index in [-0.39, 0.29) is 25.2 Å². The summed E-state index contributed by atoms with van der Waals surface area (Å²) in [7, 11) is 0. The van der Waals surface area contributed by atoms with Gasteiger partial charge in [0.05, 0.1) is 6.61 Å². The number of ether oxygens (including phenoxy) is 2. The lowest BCUT2D eigenvalue weighted by atomic mass is 10.0. The van der Waals surface area contributed by atoms with Gasteiger partial charge in [-0.1, -0.05) is 274 Å². The normalized spacial score (nSPS) is 12.6. The predicted molar refractivity (Wildman–Crippen MR) is 279 cm³/mol. The predicted octanol–water partition coefficient (Wildman–Crippen LogP) is 18.6. The first kappa shape index (κ1) is 61.6. The van der Waals surface area contributed by atoms with Crippen molar-refractivity contribution in [3.8, 4) is 0 Å². The summed E-state index contributed by atoms with van der Waals surface area (Å²) >= 11 is 0. The maximum Gasteiger partial charge on any atom is 0.306 e. The Morgan fingerprint density at radius 3 is 1.02 bits per heavy atom. The van der Waals surface area contributed by atoms with E-state index >= 15 is 0 Å². The van der Waals surface area contributed by atoms with Gasteiger partial charge in [-0.2, -0.15) is 0 Å². The highest BCUT2D eigenvalue weighted by Gasteiger charge is 2.16. The molecule has 0 aliphatic rings. The van der Waals surface area contributed by atoms with Gasteiger partial charge in [-0.05, 0) is 57.8 Å². The first-order valence-electron chi connectivity index (χ1n) is 27.8. The van der Waals surface area contributed by atoms with Crippen molar-refractivity contribution in [1.82, 2.24) is 0 Å². The second-order valence-electron chi connectivity index (χ2n) is 18.6. The van der Waals surface area contributed by atoms with Crippen LogP contribution in [0.4, 0.5) is 0 Å². The number of carbonyl (C=O) groups excluding carboxylic acids is 2. The zero-order chi connectivity index (χ0) is 46.3. The van der Waals surface area contributed by atoms with Crippen LogP contribution in [0.1, 0.15) is 284 Å². The van der Waals surface area contributed by atoms with E-state index in [2.05, 4.69) is 74.6 Å². The fourth-order valence-electron chi connectivity index (χ4n) is 8.17. The number of esters is 2. The molecular weight excluding hydrogens is 789 g/mol. The van der Waals surface area contributed by atoms with Crippen molar-refractivity contribution in [1.29, 1.82) is 0 Å². The van der Waals surface area contributed by atoms with Crippen LogP contribution in [0.5, 0.6) is 0 Å². The highest BCUT2D eigenvalue weighted by molar-refractivity contribution is 5.70. The molecule has 0 heterocycles. The van der Waals surface area contributed by atoms with E-state index in [4.69, 9.17) is 9.47 Å². The molecule has 0 bridgehead atoms. The number of rotatable bonds is 51. The van der Waals surface area contributed by atoms with Gasteiger partial charge < -0.3 is 14.6 Å². The van der Waals surface area contributed by atoms with Gasteiger partial charge in [-0.25, -0.2) is 0 Å². The molecule has 0 saturated heterocycles. The van der Waals surface area contributed by atoms with Crippen LogP contribution >= 0.6 is 0 Å². The van der Waals surface area contributed by atoms with Crippen molar-refractivity contribution in [2.24, 2.45) is 0 Å². The third-order valence-electron chi connectivity index (χ3n) is 12.3. The average molecular weight is 895 g/mol. The highest BCUT2D eigenvalue weighted by Crippen LogP contribution is 2.17. The molecule has 1 N–H and O–H groups in total. The topological polar surface area (TPSA) is 72.8 Å². The summed E-state index contributed by atoms with van der Waals surface area (Å²) in [6, 6.07) is 0. The van der Waals surface area contributed by atoms with Crippen molar-refractivity contribution in [2.75, 3.05) is 13.2 Å². The van der Waals surface area contributed by atoms with Gasteiger partial charge in [0, 0.05) is 12.8 Å². The molecule has 0 aromatic carbocycles. The molecule has 1 atom stereocenters. The second kappa shape index (κ2) is 54.9. The van der Waals surface area contributed by atoms with Crippen molar-refractivity contribution >= 4 is 11.9 Å². The second-order valence-corrected chi connectivity index (χ2v) is 18.6. The van der Waals surface area contributed by atoms with E-state index in [0.29, 0.717) is 12.8 Å². The smallest absolute Gasteiger partial charge is 0.306 e. The molecule has 1 unspecified atom stereocenters. The standard InChI is InChI=1S/C59H106O5/c1-3-5-7-9-11-13-15-17-19-21-23-25-26-27-28-29-30-31-32-34-36-38-40-42-44-46-48-50-52-54-59(62)64-57(55-60)56-63-58(61)53-51-49-47-45-43-41-39-37-35-33-24-22-20-18-16-14-12-10-8-6-4-2/h5,7,11,13,17,19,23,25,27-28,57,60H,3-4,6,8-10,12,14-16,18,20-22,24,26,29-56H2,1-2H3/b7-5-,13-11-,19-17-,25-23-,28-27-. The SMILES string of the molecule is CC/C=C\C/C=C\C/C=C\C/C=C\C/C=C\CCCCCCCCCCCCCCCC(=O)OC(CO)COC(=O)CCCCCCCCCCCCCCCCCCCCCCC. The largest absolute Gasteiger partial charge is 0.462 e. The summed E-state index contributed by atoms with van der Waals surface area (Å²) in [4.78, 5) is 24.5. The van der Waals surface area contributed by atoms with Gasteiger partial charge in [-0.15, -0.1) is 0 Å². The molecule has 0 aromatic rings. The molecule has 0 aliphatic carbocycles. The molecule has 5 nitrogen and oxygen atoms in total. The van der Waals surface area contributed by atoms with Crippen LogP contribution in [0, 0.1) is 0 Å².